The number of hydrogen-bond donors (Lipinski definition) is 1. The summed E-state index contributed by atoms with van der Waals surface area (Å²) in [5.74, 6) is -0.389. The molecule has 0 radical (unpaired) electrons. The van der Waals surface area contributed by atoms with E-state index in [1.54, 1.807) is 6.08 Å². The lowest BCUT2D eigenvalue weighted by Crippen LogP contribution is -2.29. The maximum atomic E-state index is 12.3. The zero-order valence-electron chi connectivity index (χ0n) is 14.8. The smallest absolute Gasteiger partial charge is 0.266 e. The summed E-state index contributed by atoms with van der Waals surface area (Å²) in [6.07, 6.45) is 5.48. The van der Waals surface area contributed by atoms with Crippen molar-refractivity contribution in [2.75, 3.05) is 18.4 Å². The van der Waals surface area contributed by atoms with E-state index in [0.29, 0.717) is 5.69 Å². The van der Waals surface area contributed by atoms with Gasteiger partial charge in [0.2, 0.25) is 0 Å². The minimum Gasteiger partial charge on any atom is -0.321 e. The number of nitriles is 1. The van der Waals surface area contributed by atoms with Crippen LogP contribution in [0.3, 0.4) is 0 Å². The summed E-state index contributed by atoms with van der Waals surface area (Å²) in [4.78, 5) is 14.8. The number of nitrogens with zero attached hydrogens (tertiary/aromatic N) is 2. The Hall–Kier alpha value is -2.90. The van der Waals surface area contributed by atoms with Crippen LogP contribution < -0.4 is 5.32 Å². The van der Waals surface area contributed by atoms with Crippen LogP contribution in [0.25, 0.3) is 6.08 Å². The number of amides is 1. The van der Waals surface area contributed by atoms with Crippen LogP contribution in [0.2, 0.25) is 0 Å². The number of carbonyl (C=O) groups is 1. The van der Waals surface area contributed by atoms with E-state index in [2.05, 4.69) is 10.2 Å². The van der Waals surface area contributed by atoms with E-state index in [9.17, 15) is 10.1 Å². The normalized spacial score (nSPS) is 15.3. The van der Waals surface area contributed by atoms with E-state index in [0.717, 1.165) is 25.2 Å². The molecule has 4 nitrogen and oxygen atoms in total. The van der Waals surface area contributed by atoms with Crippen molar-refractivity contribution in [3.8, 4) is 6.07 Å². The number of anilines is 1. The van der Waals surface area contributed by atoms with Gasteiger partial charge in [0, 0.05) is 12.2 Å². The summed E-state index contributed by atoms with van der Waals surface area (Å²) in [7, 11) is 0. The molecule has 0 aliphatic carbocycles. The van der Waals surface area contributed by atoms with Gasteiger partial charge in [0.25, 0.3) is 5.91 Å². The van der Waals surface area contributed by atoms with Crippen molar-refractivity contribution in [2.45, 2.75) is 25.8 Å². The first-order chi connectivity index (χ1) is 12.7. The highest BCUT2D eigenvalue weighted by molar-refractivity contribution is 6.09. The monoisotopic (exact) mass is 345 g/mol. The van der Waals surface area contributed by atoms with Crippen molar-refractivity contribution in [3.63, 3.8) is 0 Å². The van der Waals surface area contributed by atoms with Gasteiger partial charge in [-0.15, -0.1) is 0 Å². The molecule has 0 saturated carbocycles. The summed E-state index contributed by atoms with van der Waals surface area (Å²) in [6.45, 7) is 3.27. The van der Waals surface area contributed by atoms with E-state index in [-0.39, 0.29) is 11.5 Å². The van der Waals surface area contributed by atoms with Gasteiger partial charge in [-0.3, -0.25) is 9.69 Å². The van der Waals surface area contributed by atoms with Gasteiger partial charge in [-0.1, -0.05) is 48.9 Å². The molecule has 2 aromatic rings. The van der Waals surface area contributed by atoms with Crippen LogP contribution in [0.4, 0.5) is 5.69 Å². The van der Waals surface area contributed by atoms with Crippen LogP contribution in [0.5, 0.6) is 0 Å². The first-order valence-corrected chi connectivity index (χ1v) is 9.04. The summed E-state index contributed by atoms with van der Waals surface area (Å²) >= 11 is 0. The number of piperidine rings is 1. The molecule has 1 fully saturated rings. The van der Waals surface area contributed by atoms with E-state index in [1.165, 1.54) is 24.8 Å². The number of benzene rings is 2. The van der Waals surface area contributed by atoms with Gasteiger partial charge in [0.05, 0.1) is 0 Å². The molecule has 132 valence electrons. The van der Waals surface area contributed by atoms with Crippen molar-refractivity contribution in [1.82, 2.24) is 4.90 Å². The maximum Gasteiger partial charge on any atom is 0.266 e. The van der Waals surface area contributed by atoms with E-state index in [4.69, 9.17) is 0 Å². The van der Waals surface area contributed by atoms with E-state index in [1.807, 2.05) is 60.7 Å². The van der Waals surface area contributed by atoms with Gasteiger partial charge >= 0.3 is 0 Å². The van der Waals surface area contributed by atoms with E-state index < -0.39 is 0 Å². The van der Waals surface area contributed by atoms with Crippen molar-refractivity contribution >= 4 is 17.7 Å². The van der Waals surface area contributed by atoms with Crippen molar-refractivity contribution < 1.29 is 4.79 Å². The molecule has 1 amide bonds. The molecule has 26 heavy (non-hydrogen) atoms. The Kier molecular flexibility index (Phi) is 6.19. The van der Waals surface area contributed by atoms with Gasteiger partial charge in [-0.25, -0.2) is 0 Å². The van der Waals surface area contributed by atoms with Crippen molar-refractivity contribution in [3.05, 3.63) is 71.3 Å². The third kappa shape index (κ3) is 5.05. The highest BCUT2D eigenvalue weighted by Crippen LogP contribution is 2.16. The summed E-state index contributed by atoms with van der Waals surface area (Å²) in [5.41, 5.74) is 2.86. The van der Waals surface area contributed by atoms with Crippen molar-refractivity contribution in [1.29, 1.82) is 5.26 Å². The van der Waals surface area contributed by atoms with Crippen molar-refractivity contribution in [2.24, 2.45) is 0 Å². The van der Waals surface area contributed by atoms with Crippen LogP contribution in [-0.2, 0) is 11.3 Å². The molecular weight excluding hydrogens is 322 g/mol. The minimum atomic E-state index is -0.389. The Morgan fingerprint density at radius 1 is 1.04 bits per heavy atom. The fourth-order valence-corrected chi connectivity index (χ4v) is 3.13. The Bertz CT molecular complexity index is 798. The first-order valence-electron chi connectivity index (χ1n) is 9.04. The number of hydrogen-bond acceptors (Lipinski definition) is 3. The molecule has 4 heteroatoms. The molecule has 0 bridgehead atoms. The largest absolute Gasteiger partial charge is 0.321 e. The molecule has 0 spiro atoms. The molecule has 0 aromatic heterocycles. The average molecular weight is 345 g/mol. The Labute approximate surface area is 154 Å². The predicted octanol–water partition coefficient (Wildman–Crippen LogP) is 4.22. The predicted molar refractivity (Wildman–Crippen MR) is 104 cm³/mol. The van der Waals surface area contributed by atoms with Crippen LogP contribution >= 0.6 is 0 Å². The third-order valence-corrected chi connectivity index (χ3v) is 4.54. The van der Waals surface area contributed by atoms with Crippen LogP contribution in [0.15, 0.2) is 60.2 Å². The second kappa shape index (κ2) is 8.98. The topological polar surface area (TPSA) is 56.1 Å². The second-order valence-electron chi connectivity index (χ2n) is 6.57. The number of nitrogens with one attached hydrogen (secondary N) is 1. The van der Waals surface area contributed by atoms with Gasteiger partial charge < -0.3 is 5.32 Å². The summed E-state index contributed by atoms with van der Waals surface area (Å²) in [5, 5.41) is 12.1. The zero-order chi connectivity index (χ0) is 18.2. The Morgan fingerprint density at radius 3 is 2.38 bits per heavy atom. The lowest BCUT2D eigenvalue weighted by molar-refractivity contribution is -0.112. The minimum absolute atomic E-state index is 0.0913. The Morgan fingerprint density at radius 2 is 1.73 bits per heavy atom. The lowest BCUT2D eigenvalue weighted by Gasteiger charge is -2.26. The summed E-state index contributed by atoms with van der Waals surface area (Å²) in [6, 6.07) is 19.2. The third-order valence-electron chi connectivity index (χ3n) is 4.54. The van der Waals surface area contributed by atoms with Gasteiger partial charge in [-0.2, -0.15) is 5.26 Å². The van der Waals surface area contributed by atoms with Crippen LogP contribution in [0, 0.1) is 11.3 Å². The van der Waals surface area contributed by atoms with Gasteiger partial charge in [-0.05, 0) is 55.3 Å². The molecule has 1 aliphatic rings. The first kappa shape index (κ1) is 17.9. The number of carbonyl (C=O) groups excluding carboxylic acids is 1. The molecule has 3 rings (SSSR count). The molecule has 0 atom stereocenters. The molecule has 1 heterocycles. The Balaban J connectivity index is 1.61. The fraction of sp³-hybridized carbons (Fsp3) is 0.273. The maximum absolute atomic E-state index is 12.3. The SMILES string of the molecule is N#C/C(=C\c1ccccc1)C(=O)Nc1ccc(CN2CCCCC2)cc1. The number of rotatable bonds is 5. The molecule has 1 N–H and O–H groups in total. The molecule has 2 aromatic carbocycles. The molecule has 1 aliphatic heterocycles. The summed E-state index contributed by atoms with van der Waals surface area (Å²) < 4.78 is 0. The molecule has 1 saturated heterocycles. The average Bonchev–Trinajstić information content (AvgIpc) is 2.69. The van der Waals surface area contributed by atoms with E-state index >= 15 is 0 Å². The molecular formula is C22H23N3O. The van der Waals surface area contributed by atoms with Gasteiger partial charge in [0.1, 0.15) is 11.6 Å². The zero-order valence-corrected chi connectivity index (χ0v) is 14.8. The number of likely N-dealkylation sites (tertiary alicyclic amines) is 1. The highest BCUT2D eigenvalue weighted by Gasteiger charge is 2.12. The highest BCUT2D eigenvalue weighted by atomic mass is 16.1. The van der Waals surface area contributed by atoms with Gasteiger partial charge in [0.15, 0.2) is 0 Å². The van der Waals surface area contributed by atoms with Crippen LogP contribution in [0.1, 0.15) is 30.4 Å². The molecule has 0 unspecified atom stereocenters. The standard InChI is InChI=1S/C22H23N3O/c23-16-20(15-18-7-3-1-4-8-18)22(26)24-21-11-9-19(10-12-21)17-25-13-5-2-6-14-25/h1,3-4,7-12,15H,2,5-6,13-14,17H2,(H,24,26)/b20-15+. The lowest BCUT2D eigenvalue weighted by atomic mass is 10.1. The quantitative estimate of drug-likeness (QED) is 0.652. The van der Waals surface area contributed by atoms with Crippen LogP contribution in [-0.4, -0.2) is 23.9 Å². The fourth-order valence-electron chi connectivity index (χ4n) is 3.13. The second-order valence-corrected chi connectivity index (χ2v) is 6.57.